The Morgan fingerprint density at radius 2 is 1.85 bits per heavy atom. The fourth-order valence-corrected chi connectivity index (χ4v) is 2.41. The molecule has 5 nitrogen and oxygen atoms in total. The molecule has 0 aromatic heterocycles. The number of nitrogens with zero attached hydrogens (tertiary/aromatic N) is 1. The van der Waals surface area contributed by atoms with Crippen LogP contribution in [-0.2, 0) is 16.1 Å². The molecule has 138 valence electrons. The number of halogens is 1. The van der Waals surface area contributed by atoms with Gasteiger partial charge in [-0.15, -0.1) is 0 Å². The highest BCUT2D eigenvalue weighted by Crippen LogP contribution is 2.15. The first kappa shape index (κ1) is 19.6. The molecule has 2 aromatic carbocycles. The molecule has 2 aromatic rings. The van der Waals surface area contributed by atoms with Crippen molar-refractivity contribution in [1.82, 2.24) is 4.90 Å². The van der Waals surface area contributed by atoms with Gasteiger partial charge in [0.1, 0.15) is 5.82 Å². The van der Waals surface area contributed by atoms with E-state index in [4.69, 9.17) is 0 Å². The van der Waals surface area contributed by atoms with E-state index in [2.05, 4.69) is 10.1 Å². The molecular weight excluding hydrogens is 335 g/mol. The van der Waals surface area contributed by atoms with Crippen molar-refractivity contribution >= 4 is 17.6 Å². The molecule has 0 unspecified atom stereocenters. The zero-order valence-corrected chi connectivity index (χ0v) is 15.4. The predicted octanol–water partition coefficient (Wildman–Crippen LogP) is 3.38. The number of methoxy groups -OCH3 is 1. The van der Waals surface area contributed by atoms with E-state index in [1.165, 1.54) is 13.2 Å². The van der Waals surface area contributed by atoms with Crippen LogP contribution in [0.3, 0.4) is 0 Å². The number of carbonyl (C=O) groups excluding carboxylic acids is 2. The van der Waals surface area contributed by atoms with Crippen molar-refractivity contribution in [2.24, 2.45) is 0 Å². The second-order valence-electron chi connectivity index (χ2n) is 6.23. The van der Waals surface area contributed by atoms with Gasteiger partial charge in [0.15, 0.2) is 0 Å². The van der Waals surface area contributed by atoms with Crippen molar-refractivity contribution in [2.45, 2.75) is 26.4 Å². The summed E-state index contributed by atoms with van der Waals surface area (Å²) in [7, 11) is 3.17. The normalized spacial score (nSPS) is 11.9. The number of rotatable bonds is 6. The van der Waals surface area contributed by atoms with E-state index >= 15 is 0 Å². The average molecular weight is 358 g/mol. The summed E-state index contributed by atoms with van der Waals surface area (Å²) in [5.74, 6) is -0.959. The number of anilines is 1. The lowest BCUT2D eigenvalue weighted by molar-refractivity contribution is -0.120. The zero-order valence-electron chi connectivity index (χ0n) is 15.4. The number of aryl methyl sites for hydroxylation is 1. The minimum absolute atomic E-state index is 0.220. The molecule has 0 saturated heterocycles. The first-order valence-corrected chi connectivity index (χ1v) is 8.26. The van der Waals surface area contributed by atoms with Gasteiger partial charge in [0, 0.05) is 12.2 Å². The van der Waals surface area contributed by atoms with Crippen LogP contribution >= 0.6 is 0 Å². The zero-order chi connectivity index (χ0) is 19.3. The minimum Gasteiger partial charge on any atom is -0.465 e. The van der Waals surface area contributed by atoms with E-state index in [9.17, 15) is 14.0 Å². The minimum atomic E-state index is -0.417. The summed E-state index contributed by atoms with van der Waals surface area (Å²) in [5, 5.41) is 2.73. The van der Waals surface area contributed by atoms with Crippen LogP contribution in [0.2, 0.25) is 0 Å². The molecule has 0 aliphatic carbocycles. The Hall–Kier alpha value is -2.73. The fraction of sp³-hybridized carbons (Fsp3) is 0.300. The van der Waals surface area contributed by atoms with Crippen molar-refractivity contribution in [3.05, 3.63) is 65.0 Å². The maximum absolute atomic E-state index is 13.6. The Balaban J connectivity index is 1.97. The molecule has 6 heteroatoms. The Morgan fingerprint density at radius 1 is 1.19 bits per heavy atom. The monoisotopic (exact) mass is 358 g/mol. The molecule has 0 aliphatic heterocycles. The van der Waals surface area contributed by atoms with E-state index in [0.29, 0.717) is 23.4 Å². The Kier molecular flexibility index (Phi) is 6.46. The number of amides is 1. The third-order valence-corrected chi connectivity index (χ3v) is 4.29. The fourth-order valence-electron chi connectivity index (χ4n) is 2.41. The molecule has 0 heterocycles. The first-order chi connectivity index (χ1) is 12.3. The van der Waals surface area contributed by atoms with Gasteiger partial charge in [0.2, 0.25) is 5.91 Å². The highest BCUT2D eigenvalue weighted by atomic mass is 19.1. The SMILES string of the molecule is COC(=O)c1ccc(CN(C)[C@H](C)C(=O)Nc2ccc(C)c(F)c2)cc1. The second-order valence-corrected chi connectivity index (χ2v) is 6.23. The number of carbonyl (C=O) groups is 2. The lowest BCUT2D eigenvalue weighted by atomic mass is 10.1. The molecule has 0 spiro atoms. The number of ether oxygens (including phenoxy) is 1. The van der Waals surface area contributed by atoms with E-state index in [1.807, 2.05) is 24.1 Å². The molecular formula is C20H23FN2O3. The van der Waals surface area contributed by atoms with Crippen LogP contribution in [-0.4, -0.2) is 37.0 Å². The van der Waals surface area contributed by atoms with Crippen molar-refractivity contribution in [2.75, 3.05) is 19.5 Å². The van der Waals surface area contributed by atoms with Gasteiger partial charge in [0.25, 0.3) is 0 Å². The lowest BCUT2D eigenvalue weighted by Crippen LogP contribution is -2.39. The number of nitrogens with one attached hydrogen (secondary N) is 1. The Morgan fingerprint density at radius 3 is 2.42 bits per heavy atom. The quantitative estimate of drug-likeness (QED) is 0.805. The molecule has 1 atom stereocenters. The van der Waals surface area contributed by atoms with Gasteiger partial charge in [-0.25, -0.2) is 9.18 Å². The highest BCUT2D eigenvalue weighted by molar-refractivity contribution is 5.94. The molecule has 1 N–H and O–H groups in total. The summed E-state index contributed by atoms with van der Waals surface area (Å²) in [4.78, 5) is 25.7. The number of esters is 1. The van der Waals surface area contributed by atoms with Crippen molar-refractivity contribution in [3.63, 3.8) is 0 Å². The van der Waals surface area contributed by atoms with Gasteiger partial charge < -0.3 is 10.1 Å². The molecule has 0 fully saturated rings. The lowest BCUT2D eigenvalue weighted by Gasteiger charge is -2.24. The van der Waals surface area contributed by atoms with Crippen LogP contribution in [0.25, 0.3) is 0 Å². The number of hydrogen-bond donors (Lipinski definition) is 1. The van der Waals surface area contributed by atoms with Gasteiger partial charge in [-0.2, -0.15) is 0 Å². The molecule has 2 rings (SSSR count). The van der Waals surface area contributed by atoms with Crippen LogP contribution in [0.15, 0.2) is 42.5 Å². The maximum Gasteiger partial charge on any atom is 0.337 e. The summed E-state index contributed by atoms with van der Waals surface area (Å²) in [6.07, 6.45) is 0. The predicted molar refractivity (Wildman–Crippen MR) is 98.5 cm³/mol. The van der Waals surface area contributed by atoms with Gasteiger partial charge in [0.05, 0.1) is 18.7 Å². The van der Waals surface area contributed by atoms with E-state index in [0.717, 1.165) is 5.56 Å². The summed E-state index contributed by atoms with van der Waals surface area (Å²) in [6, 6.07) is 11.2. The second kappa shape index (κ2) is 8.58. The smallest absolute Gasteiger partial charge is 0.337 e. The van der Waals surface area contributed by atoms with Crippen LogP contribution in [0.1, 0.15) is 28.4 Å². The molecule has 0 saturated carbocycles. The molecule has 0 bridgehead atoms. The van der Waals surface area contributed by atoms with Crippen LogP contribution in [0.5, 0.6) is 0 Å². The van der Waals surface area contributed by atoms with E-state index < -0.39 is 6.04 Å². The number of likely N-dealkylation sites (N-methyl/N-ethyl adjacent to an activating group) is 1. The third kappa shape index (κ3) is 4.89. The maximum atomic E-state index is 13.6. The van der Waals surface area contributed by atoms with Crippen molar-refractivity contribution in [1.29, 1.82) is 0 Å². The molecule has 26 heavy (non-hydrogen) atoms. The van der Waals surface area contributed by atoms with Crippen LogP contribution < -0.4 is 5.32 Å². The van der Waals surface area contributed by atoms with E-state index in [1.54, 1.807) is 38.1 Å². The Labute approximate surface area is 152 Å². The highest BCUT2D eigenvalue weighted by Gasteiger charge is 2.19. The van der Waals surface area contributed by atoms with Gasteiger partial charge in [-0.05, 0) is 56.3 Å². The van der Waals surface area contributed by atoms with Gasteiger partial charge in [-0.1, -0.05) is 18.2 Å². The van der Waals surface area contributed by atoms with Crippen LogP contribution in [0.4, 0.5) is 10.1 Å². The first-order valence-electron chi connectivity index (χ1n) is 8.26. The van der Waals surface area contributed by atoms with Gasteiger partial charge in [-0.3, -0.25) is 9.69 Å². The van der Waals surface area contributed by atoms with Crippen molar-refractivity contribution in [3.8, 4) is 0 Å². The molecule has 0 radical (unpaired) electrons. The summed E-state index contributed by atoms with van der Waals surface area (Å²) < 4.78 is 18.3. The number of benzene rings is 2. The van der Waals surface area contributed by atoms with Crippen LogP contribution in [0, 0.1) is 12.7 Å². The molecule has 1 amide bonds. The topological polar surface area (TPSA) is 58.6 Å². The number of hydrogen-bond acceptors (Lipinski definition) is 4. The Bertz CT molecular complexity index is 790. The summed E-state index contributed by atoms with van der Waals surface area (Å²) in [5.41, 5.74) is 2.40. The van der Waals surface area contributed by atoms with E-state index in [-0.39, 0.29) is 17.7 Å². The third-order valence-electron chi connectivity index (χ3n) is 4.29. The van der Waals surface area contributed by atoms with Crippen molar-refractivity contribution < 1.29 is 18.7 Å². The summed E-state index contributed by atoms with van der Waals surface area (Å²) in [6.45, 7) is 3.98. The molecule has 0 aliphatic rings. The van der Waals surface area contributed by atoms with Gasteiger partial charge >= 0.3 is 5.97 Å². The standard InChI is InChI=1S/C20H23FN2O3/c1-13-5-10-17(11-18(13)21)22-19(24)14(2)23(3)12-15-6-8-16(9-7-15)20(25)26-4/h5-11,14H,12H2,1-4H3,(H,22,24)/t14-/m1/s1. The largest absolute Gasteiger partial charge is 0.465 e. The average Bonchev–Trinajstić information content (AvgIpc) is 2.64. The summed E-state index contributed by atoms with van der Waals surface area (Å²) >= 11 is 0.